The number of rotatable bonds is 12. The minimum absolute atomic E-state index is 0.290. The van der Waals surface area contributed by atoms with E-state index in [1.54, 1.807) is 13.4 Å². The van der Waals surface area contributed by atoms with E-state index in [1.165, 1.54) is 0 Å². The van der Waals surface area contributed by atoms with Crippen molar-refractivity contribution in [3.05, 3.63) is 54.0 Å². The van der Waals surface area contributed by atoms with E-state index >= 15 is 0 Å². The Hall–Kier alpha value is -2.47. The molecule has 0 amide bonds. The zero-order chi connectivity index (χ0) is 20.0. The predicted molar refractivity (Wildman–Crippen MR) is 113 cm³/mol. The van der Waals surface area contributed by atoms with E-state index in [9.17, 15) is 0 Å². The summed E-state index contributed by atoms with van der Waals surface area (Å²) in [5, 5.41) is 6.79. The number of aliphatic imine (C=N–C) groups is 1. The molecule has 0 spiro atoms. The van der Waals surface area contributed by atoms with Gasteiger partial charge in [0.15, 0.2) is 5.96 Å². The van der Waals surface area contributed by atoms with Crippen molar-refractivity contribution in [2.75, 3.05) is 26.8 Å². The van der Waals surface area contributed by atoms with Gasteiger partial charge in [0, 0.05) is 26.1 Å². The van der Waals surface area contributed by atoms with E-state index in [1.807, 2.05) is 36.4 Å². The maximum Gasteiger partial charge on any atom is 0.191 e. The monoisotopic (exact) mass is 387 g/mol. The molecule has 0 bridgehead atoms. The number of furan rings is 1. The number of nitrogens with zero attached hydrogens (tertiary/aromatic N) is 1. The summed E-state index contributed by atoms with van der Waals surface area (Å²) < 4.78 is 16.2. The second-order valence-electron chi connectivity index (χ2n) is 6.82. The summed E-state index contributed by atoms with van der Waals surface area (Å²) in [5.41, 5.74) is 1.14. The lowest BCUT2D eigenvalue weighted by molar-refractivity contribution is 0.0762. The molecule has 2 rings (SSSR count). The smallest absolute Gasteiger partial charge is 0.191 e. The van der Waals surface area contributed by atoms with E-state index in [0.717, 1.165) is 62.0 Å². The molecular formula is C22H33N3O3. The van der Waals surface area contributed by atoms with Crippen molar-refractivity contribution in [3.63, 3.8) is 0 Å². The molecule has 2 aromatic rings. The number of methoxy groups -OCH3 is 1. The normalized spacial score (nSPS) is 11.6. The van der Waals surface area contributed by atoms with Crippen LogP contribution in [0.2, 0.25) is 0 Å². The van der Waals surface area contributed by atoms with Crippen molar-refractivity contribution in [1.82, 2.24) is 10.6 Å². The Balaban J connectivity index is 1.80. The second kappa shape index (κ2) is 12.8. The van der Waals surface area contributed by atoms with Crippen molar-refractivity contribution >= 4 is 5.96 Å². The van der Waals surface area contributed by atoms with Gasteiger partial charge in [0.25, 0.3) is 0 Å². The first-order chi connectivity index (χ1) is 13.7. The molecule has 6 heteroatoms. The first-order valence-corrected chi connectivity index (χ1v) is 9.96. The van der Waals surface area contributed by atoms with Crippen LogP contribution in [0.4, 0.5) is 0 Å². The van der Waals surface area contributed by atoms with E-state index in [0.29, 0.717) is 6.54 Å². The van der Waals surface area contributed by atoms with Crippen LogP contribution < -0.4 is 15.4 Å². The molecule has 0 fully saturated rings. The van der Waals surface area contributed by atoms with Crippen LogP contribution in [-0.4, -0.2) is 38.9 Å². The second-order valence-corrected chi connectivity index (χ2v) is 6.82. The Bertz CT molecular complexity index is 667. The van der Waals surface area contributed by atoms with Gasteiger partial charge in [0.1, 0.15) is 11.5 Å². The molecule has 0 saturated heterocycles. The summed E-state index contributed by atoms with van der Waals surface area (Å²) in [6.07, 6.45) is 4.87. The zero-order valence-corrected chi connectivity index (χ0v) is 17.2. The Morgan fingerprint density at radius 1 is 1.07 bits per heavy atom. The van der Waals surface area contributed by atoms with E-state index in [2.05, 4.69) is 24.5 Å². The van der Waals surface area contributed by atoms with E-state index in [-0.39, 0.29) is 6.10 Å². The van der Waals surface area contributed by atoms with Crippen molar-refractivity contribution in [3.8, 4) is 5.75 Å². The van der Waals surface area contributed by atoms with Gasteiger partial charge < -0.3 is 24.5 Å². The number of ether oxygens (including phenoxy) is 2. The van der Waals surface area contributed by atoms with Gasteiger partial charge in [-0.15, -0.1) is 0 Å². The van der Waals surface area contributed by atoms with E-state index < -0.39 is 0 Å². The van der Waals surface area contributed by atoms with Crippen LogP contribution >= 0.6 is 0 Å². The predicted octanol–water partition coefficient (Wildman–Crippen LogP) is 3.77. The highest BCUT2D eigenvalue weighted by Crippen LogP contribution is 2.11. The Morgan fingerprint density at radius 2 is 1.86 bits per heavy atom. The molecule has 0 aliphatic heterocycles. The Kier molecular flexibility index (Phi) is 10.0. The van der Waals surface area contributed by atoms with Gasteiger partial charge in [-0.1, -0.05) is 12.1 Å². The number of nitrogens with one attached hydrogen (secondary N) is 2. The highest BCUT2D eigenvalue weighted by molar-refractivity contribution is 5.79. The van der Waals surface area contributed by atoms with Crippen molar-refractivity contribution in [2.24, 2.45) is 4.99 Å². The summed E-state index contributed by atoms with van der Waals surface area (Å²) >= 11 is 0. The van der Waals surface area contributed by atoms with Gasteiger partial charge in [0.05, 0.1) is 26.0 Å². The highest BCUT2D eigenvalue weighted by Gasteiger charge is 2.02. The summed E-state index contributed by atoms with van der Waals surface area (Å²) in [7, 11) is 1.67. The molecule has 6 nitrogen and oxygen atoms in total. The van der Waals surface area contributed by atoms with Gasteiger partial charge >= 0.3 is 0 Å². The van der Waals surface area contributed by atoms with Crippen LogP contribution in [0.25, 0.3) is 0 Å². The van der Waals surface area contributed by atoms with Gasteiger partial charge in [-0.05, 0) is 56.5 Å². The van der Waals surface area contributed by atoms with Crippen LogP contribution in [0.1, 0.15) is 38.0 Å². The lowest BCUT2D eigenvalue weighted by atomic mass is 10.2. The summed E-state index contributed by atoms with van der Waals surface area (Å²) in [6, 6.07) is 11.9. The molecule has 0 radical (unpaired) electrons. The molecule has 28 heavy (non-hydrogen) atoms. The number of benzene rings is 1. The molecule has 0 atom stereocenters. The lowest BCUT2D eigenvalue weighted by Crippen LogP contribution is -2.39. The number of hydrogen-bond acceptors (Lipinski definition) is 4. The molecule has 0 unspecified atom stereocenters. The largest absolute Gasteiger partial charge is 0.497 e. The summed E-state index contributed by atoms with van der Waals surface area (Å²) in [6.45, 7) is 7.14. The van der Waals surface area contributed by atoms with Crippen LogP contribution in [0.15, 0.2) is 52.1 Å². The third-order valence-corrected chi connectivity index (χ3v) is 4.14. The Morgan fingerprint density at radius 3 is 2.54 bits per heavy atom. The topological polar surface area (TPSA) is 68.0 Å². The Labute approximate surface area is 168 Å². The number of hydrogen-bond donors (Lipinski definition) is 2. The molecule has 2 N–H and O–H groups in total. The molecule has 0 saturated carbocycles. The zero-order valence-electron chi connectivity index (χ0n) is 17.2. The first kappa shape index (κ1) is 21.8. The average Bonchev–Trinajstić information content (AvgIpc) is 3.22. The quantitative estimate of drug-likeness (QED) is 0.330. The fraction of sp³-hybridized carbons (Fsp3) is 0.500. The molecule has 1 aromatic carbocycles. The molecular weight excluding hydrogens is 354 g/mol. The van der Waals surface area contributed by atoms with Crippen LogP contribution in [0.3, 0.4) is 0 Å². The van der Waals surface area contributed by atoms with Crippen LogP contribution in [-0.2, 0) is 17.7 Å². The van der Waals surface area contributed by atoms with Crippen molar-refractivity contribution in [1.29, 1.82) is 0 Å². The first-order valence-electron chi connectivity index (χ1n) is 9.96. The van der Waals surface area contributed by atoms with Gasteiger partial charge in [-0.3, -0.25) is 0 Å². The minimum Gasteiger partial charge on any atom is -0.497 e. The van der Waals surface area contributed by atoms with E-state index in [4.69, 9.17) is 18.9 Å². The SMILES string of the molecule is COc1ccc(CN=C(NCCCCOC(C)C)NCCc2ccco2)cc1. The third-order valence-electron chi connectivity index (χ3n) is 4.14. The molecule has 154 valence electrons. The highest BCUT2D eigenvalue weighted by atomic mass is 16.5. The summed E-state index contributed by atoms with van der Waals surface area (Å²) in [4.78, 5) is 4.71. The maximum absolute atomic E-state index is 5.59. The average molecular weight is 388 g/mol. The molecule has 0 aliphatic rings. The standard InChI is InChI=1S/C22H33N3O3/c1-18(2)27-15-5-4-13-23-22(24-14-12-21-7-6-16-28-21)25-17-19-8-10-20(26-3)11-9-19/h6-11,16,18H,4-5,12-15,17H2,1-3H3,(H2,23,24,25). The summed E-state index contributed by atoms with van der Waals surface area (Å²) in [5.74, 6) is 2.63. The fourth-order valence-electron chi connectivity index (χ4n) is 2.59. The molecule has 1 aromatic heterocycles. The lowest BCUT2D eigenvalue weighted by Gasteiger charge is -2.13. The van der Waals surface area contributed by atoms with Gasteiger partial charge in [-0.25, -0.2) is 4.99 Å². The van der Waals surface area contributed by atoms with Crippen LogP contribution in [0, 0.1) is 0 Å². The van der Waals surface area contributed by atoms with Crippen molar-refractivity contribution in [2.45, 2.75) is 45.8 Å². The fourth-order valence-corrected chi connectivity index (χ4v) is 2.59. The molecule has 0 aliphatic carbocycles. The number of unbranched alkanes of at least 4 members (excludes halogenated alkanes) is 1. The number of guanidine groups is 1. The maximum atomic E-state index is 5.59. The van der Waals surface area contributed by atoms with Gasteiger partial charge in [-0.2, -0.15) is 0 Å². The molecule has 1 heterocycles. The minimum atomic E-state index is 0.290. The van der Waals surface area contributed by atoms with Gasteiger partial charge in [0.2, 0.25) is 0 Å². The third kappa shape index (κ3) is 8.95. The van der Waals surface area contributed by atoms with Crippen molar-refractivity contribution < 1.29 is 13.9 Å². The van der Waals surface area contributed by atoms with Crippen LogP contribution in [0.5, 0.6) is 5.75 Å².